The number of rotatable bonds is 8. The first-order chi connectivity index (χ1) is 10.6. The first kappa shape index (κ1) is 16.8. The van der Waals surface area contributed by atoms with Crippen LogP contribution in [0.5, 0.6) is 5.75 Å². The molecule has 118 valence electrons. The molecule has 2 rings (SSSR count). The Labute approximate surface area is 141 Å². The molecule has 1 N–H and O–H groups in total. The number of carbonyl (C=O) groups excluding carboxylic acids is 1. The lowest BCUT2D eigenvalue weighted by Gasteiger charge is -2.07. The van der Waals surface area contributed by atoms with Crippen LogP contribution < -0.4 is 10.1 Å². The average molecular weight is 386 g/mol. The maximum Gasteiger partial charge on any atom is 0.230 e. The van der Waals surface area contributed by atoms with Crippen molar-refractivity contribution in [1.82, 2.24) is 15.5 Å². The standard InChI is InChI=1S/C14H16BrN3O3S/c1-10-17-13(18-21-10)8-22-9-14(19)16-5-6-20-12-4-2-3-11(15)7-12/h2-4,7H,5-6,8-9H2,1H3,(H,16,19). The summed E-state index contributed by atoms with van der Waals surface area (Å²) in [6.07, 6.45) is 0. The van der Waals surface area contributed by atoms with Crippen LogP contribution >= 0.6 is 27.7 Å². The second kappa shape index (κ2) is 8.79. The van der Waals surface area contributed by atoms with E-state index in [2.05, 4.69) is 31.4 Å². The minimum Gasteiger partial charge on any atom is -0.492 e. The fraction of sp³-hybridized carbons (Fsp3) is 0.357. The van der Waals surface area contributed by atoms with Crippen LogP contribution in [0.15, 0.2) is 33.3 Å². The van der Waals surface area contributed by atoms with Gasteiger partial charge < -0.3 is 14.6 Å². The van der Waals surface area contributed by atoms with E-state index in [-0.39, 0.29) is 5.91 Å². The summed E-state index contributed by atoms with van der Waals surface area (Å²) in [7, 11) is 0. The summed E-state index contributed by atoms with van der Waals surface area (Å²) in [4.78, 5) is 15.7. The number of thioether (sulfide) groups is 1. The lowest BCUT2D eigenvalue weighted by molar-refractivity contribution is -0.118. The predicted molar refractivity (Wildman–Crippen MR) is 87.8 cm³/mol. The third kappa shape index (κ3) is 6.07. The number of nitrogens with zero attached hydrogens (tertiary/aromatic N) is 2. The molecule has 0 atom stereocenters. The molecule has 2 aromatic rings. The van der Waals surface area contributed by atoms with Crippen LogP contribution in [0.25, 0.3) is 0 Å². The van der Waals surface area contributed by atoms with Gasteiger partial charge in [-0.25, -0.2) is 0 Å². The molecule has 1 amide bonds. The summed E-state index contributed by atoms with van der Waals surface area (Å²) in [5.74, 6) is 2.77. The molecule has 0 bridgehead atoms. The second-order valence-corrected chi connectivity index (χ2v) is 6.28. The van der Waals surface area contributed by atoms with Crippen LogP contribution in [0.3, 0.4) is 0 Å². The molecule has 22 heavy (non-hydrogen) atoms. The number of halogens is 1. The van der Waals surface area contributed by atoms with Crippen molar-refractivity contribution in [3.63, 3.8) is 0 Å². The van der Waals surface area contributed by atoms with Gasteiger partial charge in [-0.3, -0.25) is 4.79 Å². The van der Waals surface area contributed by atoms with Crippen LogP contribution in [-0.4, -0.2) is 35.0 Å². The smallest absolute Gasteiger partial charge is 0.230 e. The molecule has 0 radical (unpaired) electrons. The number of aryl methyl sites for hydroxylation is 1. The molecule has 6 nitrogen and oxygen atoms in total. The van der Waals surface area contributed by atoms with E-state index >= 15 is 0 Å². The molecule has 0 fully saturated rings. The molecule has 0 aliphatic heterocycles. The van der Waals surface area contributed by atoms with Crippen molar-refractivity contribution in [2.75, 3.05) is 18.9 Å². The quantitative estimate of drug-likeness (QED) is 0.703. The highest BCUT2D eigenvalue weighted by molar-refractivity contribution is 9.10. The van der Waals surface area contributed by atoms with Crippen LogP contribution in [0.2, 0.25) is 0 Å². The largest absolute Gasteiger partial charge is 0.492 e. The van der Waals surface area contributed by atoms with Gasteiger partial charge in [-0.15, -0.1) is 11.8 Å². The number of carbonyl (C=O) groups is 1. The number of benzene rings is 1. The summed E-state index contributed by atoms with van der Waals surface area (Å²) in [6, 6.07) is 7.57. The van der Waals surface area contributed by atoms with Gasteiger partial charge in [-0.1, -0.05) is 27.2 Å². The first-order valence-electron chi connectivity index (χ1n) is 6.65. The number of aromatic nitrogens is 2. The third-order valence-corrected chi connectivity index (χ3v) is 3.94. The molecule has 0 saturated heterocycles. The SMILES string of the molecule is Cc1nc(CSCC(=O)NCCOc2cccc(Br)c2)no1. The molecule has 1 aromatic heterocycles. The summed E-state index contributed by atoms with van der Waals surface area (Å²) in [5, 5.41) is 6.56. The van der Waals surface area contributed by atoms with Crippen LogP contribution in [0, 0.1) is 6.92 Å². The number of hydrogen-bond donors (Lipinski definition) is 1. The van der Waals surface area contributed by atoms with E-state index in [0.29, 0.717) is 36.4 Å². The molecule has 0 aliphatic carbocycles. The van der Waals surface area contributed by atoms with Gasteiger partial charge in [-0.2, -0.15) is 4.98 Å². The van der Waals surface area contributed by atoms with Crippen molar-refractivity contribution in [3.05, 3.63) is 40.5 Å². The molecule has 0 spiro atoms. The normalized spacial score (nSPS) is 10.5. The van der Waals surface area contributed by atoms with Crippen molar-refractivity contribution in [2.24, 2.45) is 0 Å². The molecular formula is C14H16BrN3O3S. The summed E-state index contributed by atoms with van der Waals surface area (Å²) in [6.45, 7) is 2.63. The van der Waals surface area contributed by atoms with E-state index in [9.17, 15) is 4.79 Å². The maximum atomic E-state index is 11.6. The first-order valence-corrected chi connectivity index (χ1v) is 8.60. The second-order valence-electron chi connectivity index (χ2n) is 4.38. The Morgan fingerprint density at radius 1 is 1.50 bits per heavy atom. The number of hydrogen-bond acceptors (Lipinski definition) is 6. The fourth-order valence-electron chi connectivity index (χ4n) is 1.60. The van der Waals surface area contributed by atoms with Gasteiger partial charge in [0, 0.05) is 11.4 Å². The third-order valence-electron chi connectivity index (χ3n) is 2.52. The summed E-state index contributed by atoms with van der Waals surface area (Å²) >= 11 is 4.81. The number of amides is 1. The Morgan fingerprint density at radius 3 is 3.09 bits per heavy atom. The molecule has 1 heterocycles. The van der Waals surface area contributed by atoms with E-state index in [1.165, 1.54) is 11.8 Å². The van der Waals surface area contributed by atoms with Crippen LogP contribution in [-0.2, 0) is 10.5 Å². The van der Waals surface area contributed by atoms with Crippen molar-refractivity contribution >= 4 is 33.6 Å². The highest BCUT2D eigenvalue weighted by atomic mass is 79.9. The molecule has 8 heteroatoms. The van der Waals surface area contributed by atoms with Crippen molar-refractivity contribution in [1.29, 1.82) is 0 Å². The predicted octanol–water partition coefficient (Wildman–Crippen LogP) is 2.57. The zero-order valence-electron chi connectivity index (χ0n) is 12.0. The average Bonchev–Trinajstić information content (AvgIpc) is 2.89. The zero-order chi connectivity index (χ0) is 15.8. The van der Waals surface area contributed by atoms with Gasteiger partial charge in [0.1, 0.15) is 12.4 Å². The summed E-state index contributed by atoms with van der Waals surface area (Å²) in [5.41, 5.74) is 0. The number of ether oxygens (including phenoxy) is 1. The topological polar surface area (TPSA) is 77.2 Å². The Kier molecular flexibility index (Phi) is 6.73. The monoisotopic (exact) mass is 385 g/mol. The van der Waals surface area contributed by atoms with Crippen LogP contribution in [0.1, 0.15) is 11.7 Å². The molecular weight excluding hydrogens is 370 g/mol. The van der Waals surface area contributed by atoms with Crippen LogP contribution in [0.4, 0.5) is 0 Å². The van der Waals surface area contributed by atoms with Gasteiger partial charge in [0.05, 0.1) is 18.1 Å². The molecule has 0 aliphatic rings. The van der Waals surface area contributed by atoms with E-state index in [4.69, 9.17) is 9.26 Å². The van der Waals surface area contributed by atoms with Crippen molar-refractivity contribution in [2.45, 2.75) is 12.7 Å². The minimum absolute atomic E-state index is 0.0388. The van der Waals surface area contributed by atoms with E-state index < -0.39 is 0 Å². The van der Waals surface area contributed by atoms with Gasteiger partial charge >= 0.3 is 0 Å². The lowest BCUT2D eigenvalue weighted by Crippen LogP contribution is -2.29. The summed E-state index contributed by atoms with van der Waals surface area (Å²) < 4.78 is 11.3. The van der Waals surface area contributed by atoms with E-state index in [1.807, 2.05) is 24.3 Å². The number of nitrogens with one attached hydrogen (secondary N) is 1. The zero-order valence-corrected chi connectivity index (χ0v) is 14.4. The maximum absolute atomic E-state index is 11.6. The van der Waals surface area contributed by atoms with Crippen molar-refractivity contribution in [3.8, 4) is 5.75 Å². The Morgan fingerprint density at radius 2 is 2.36 bits per heavy atom. The highest BCUT2D eigenvalue weighted by Crippen LogP contribution is 2.17. The van der Waals surface area contributed by atoms with Gasteiger partial charge in [-0.05, 0) is 18.2 Å². The Hall–Kier alpha value is -1.54. The van der Waals surface area contributed by atoms with Gasteiger partial charge in [0.15, 0.2) is 5.82 Å². The minimum atomic E-state index is -0.0388. The van der Waals surface area contributed by atoms with Crippen molar-refractivity contribution < 1.29 is 14.1 Å². The van der Waals surface area contributed by atoms with E-state index in [1.54, 1.807) is 6.92 Å². The van der Waals surface area contributed by atoms with Gasteiger partial charge in [0.25, 0.3) is 0 Å². The van der Waals surface area contributed by atoms with E-state index in [0.717, 1.165) is 10.2 Å². The molecule has 0 unspecified atom stereocenters. The fourth-order valence-corrected chi connectivity index (χ4v) is 2.67. The molecule has 0 saturated carbocycles. The van der Waals surface area contributed by atoms with Gasteiger partial charge in [0.2, 0.25) is 11.8 Å². The Balaban J connectivity index is 1.56. The highest BCUT2D eigenvalue weighted by Gasteiger charge is 2.05. The molecule has 1 aromatic carbocycles. The lowest BCUT2D eigenvalue weighted by atomic mass is 10.3. The Bertz CT molecular complexity index is 621.